The molecule has 2 amide bonds. The van der Waals surface area contributed by atoms with E-state index in [2.05, 4.69) is 11.4 Å². The number of para-hydroxylation sites is 2. The van der Waals surface area contributed by atoms with Crippen molar-refractivity contribution in [1.29, 1.82) is 0 Å². The fraction of sp³-hybridized carbons (Fsp3) is 0.440. The Hall–Kier alpha value is -2.82. The van der Waals surface area contributed by atoms with Crippen LogP contribution in [0.1, 0.15) is 36.8 Å². The molecule has 1 fully saturated rings. The van der Waals surface area contributed by atoms with Gasteiger partial charge in [-0.3, -0.25) is 9.59 Å². The number of carbonyl (C=O) groups excluding carboxylic acids is 2. The molecule has 158 valence electrons. The van der Waals surface area contributed by atoms with Crippen molar-refractivity contribution in [3.05, 3.63) is 59.7 Å². The Labute approximate surface area is 178 Å². The number of methoxy groups -OCH3 is 1. The quantitative estimate of drug-likeness (QED) is 0.795. The Bertz CT molecular complexity index is 911. The molecule has 0 spiro atoms. The zero-order valence-corrected chi connectivity index (χ0v) is 17.6. The molecule has 0 aromatic heterocycles. The number of amides is 2. The highest BCUT2D eigenvalue weighted by Gasteiger charge is 2.39. The van der Waals surface area contributed by atoms with E-state index in [1.165, 1.54) is 5.56 Å². The molecule has 30 heavy (non-hydrogen) atoms. The minimum atomic E-state index is -0.239. The lowest BCUT2D eigenvalue weighted by Gasteiger charge is -2.32. The molecule has 2 aromatic rings. The van der Waals surface area contributed by atoms with Gasteiger partial charge < -0.3 is 15.0 Å². The van der Waals surface area contributed by atoms with Crippen LogP contribution in [0.4, 0.5) is 5.69 Å². The summed E-state index contributed by atoms with van der Waals surface area (Å²) in [4.78, 5) is 28.3. The Morgan fingerprint density at radius 3 is 2.60 bits per heavy atom. The highest BCUT2D eigenvalue weighted by atomic mass is 16.5. The van der Waals surface area contributed by atoms with Crippen molar-refractivity contribution >= 4 is 17.5 Å². The molecule has 1 saturated carbocycles. The minimum absolute atomic E-state index is 0.00966. The average Bonchev–Trinajstić information content (AvgIpc) is 3.23. The summed E-state index contributed by atoms with van der Waals surface area (Å²) in [7, 11) is 1.66. The van der Waals surface area contributed by atoms with Gasteiger partial charge in [-0.1, -0.05) is 49.2 Å². The fourth-order valence-electron chi connectivity index (χ4n) is 4.87. The van der Waals surface area contributed by atoms with Crippen LogP contribution in [0.2, 0.25) is 0 Å². The second-order valence-electron chi connectivity index (χ2n) is 8.22. The smallest absolute Gasteiger partial charge is 0.230 e. The zero-order chi connectivity index (χ0) is 20.9. The first-order valence-corrected chi connectivity index (χ1v) is 11.0. The SMILES string of the molecule is COc1ccccc1CCNC(=O)C1CCCCC1C(=O)N1CCc2ccccc21. The van der Waals surface area contributed by atoms with Crippen LogP contribution in [-0.4, -0.2) is 32.0 Å². The van der Waals surface area contributed by atoms with Crippen molar-refractivity contribution in [3.63, 3.8) is 0 Å². The molecular formula is C25H30N2O3. The molecule has 1 aliphatic carbocycles. The third kappa shape index (κ3) is 4.20. The van der Waals surface area contributed by atoms with Crippen molar-refractivity contribution in [2.45, 2.75) is 38.5 Å². The lowest BCUT2D eigenvalue weighted by Crippen LogP contribution is -2.45. The van der Waals surface area contributed by atoms with E-state index in [-0.39, 0.29) is 23.7 Å². The number of nitrogens with zero attached hydrogens (tertiary/aromatic N) is 1. The number of carbonyl (C=O) groups is 2. The molecule has 5 heteroatoms. The molecule has 1 heterocycles. The molecule has 0 bridgehead atoms. The van der Waals surface area contributed by atoms with Gasteiger partial charge in [0, 0.05) is 24.7 Å². The first-order chi connectivity index (χ1) is 14.7. The van der Waals surface area contributed by atoms with Gasteiger partial charge in [-0.15, -0.1) is 0 Å². The van der Waals surface area contributed by atoms with Gasteiger partial charge in [-0.05, 0) is 48.9 Å². The summed E-state index contributed by atoms with van der Waals surface area (Å²) in [5, 5.41) is 3.08. The van der Waals surface area contributed by atoms with Crippen LogP contribution < -0.4 is 15.0 Å². The molecule has 5 nitrogen and oxygen atoms in total. The number of anilines is 1. The van der Waals surface area contributed by atoms with Crippen LogP contribution in [0, 0.1) is 11.8 Å². The lowest BCUT2D eigenvalue weighted by molar-refractivity contribution is -0.135. The van der Waals surface area contributed by atoms with Crippen molar-refractivity contribution in [1.82, 2.24) is 5.32 Å². The van der Waals surface area contributed by atoms with Crippen LogP contribution in [0.25, 0.3) is 0 Å². The molecule has 1 aliphatic heterocycles. The summed E-state index contributed by atoms with van der Waals surface area (Å²) < 4.78 is 5.39. The van der Waals surface area contributed by atoms with E-state index in [1.54, 1.807) is 7.11 Å². The number of ether oxygens (including phenoxy) is 1. The van der Waals surface area contributed by atoms with Crippen LogP contribution >= 0.6 is 0 Å². The van der Waals surface area contributed by atoms with Gasteiger partial charge in [0.25, 0.3) is 0 Å². The van der Waals surface area contributed by atoms with E-state index in [0.29, 0.717) is 13.0 Å². The Morgan fingerprint density at radius 2 is 1.77 bits per heavy atom. The van der Waals surface area contributed by atoms with Crippen LogP contribution in [0.5, 0.6) is 5.75 Å². The summed E-state index contributed by atoms with van der Waals surface area (Å²) in [6, 6.07) is 16.0. The first-order valence-electron chi connectivity index (χ1n) is 11.0. The molecule has 4 rings (SSSR count). The summed E-state index contributed by atoms with van der Waals surface area (Å²) in [6.07, 6.45) is 5.20. The Balaban J connectivity index is 1.39. The summed E-state index contributed by atoms with van der Waals surface area (Å²) in [6.45, 7) is 1.26. The van der Waals surface area contributed by atoms with Crippen LogP contribution in [-0.2, 0) is 22.4 Å². The van der Waals surface area contributed by atoms with Crippen molar-refractivity contribution < 1.29 is 14.3 Å². The molecule has 0 radical (unpaired) electrons. The van der Waals surface area contributed by atoms with Crippen molar-refractivity contribution in [2.75, 3.05) is 25.1 Å². The second-order valence-corrected chi connectivity index (χ2v) is 8.22. The predicted molar refractivity (Wildman–Crippen MR) is 118 cm³/mol. The van der Waals surface area contributed by atoms with Crippen LogP contribution in [0.15, 0.2) is 48.5 Å². The lowest BCUT2D eigenvalue weighted by atomic mass is 9.77. The maximum atomic E-state index is 13.4. The molecule has 2 aromatic carbocycles. The third-order valence-electron chi connectivity index (χ3n) is 6.46. The number of benzene rings is 2. The van der Waals surface area contributed by atoms with Gasteiger partial charge in [0.05, 0.1) is 13.0 Å². The monoisotopic (exact) mass is 406 g/mol. The van der Waals surface area contributed by atoms with E-state index < -0.39 is 0 Å². The standard InChI is InChI=1S/C25H30N2O3/c1-30-23-13-7-3-9-19(23)14-16-26-24(28)20-10-4-5-11-21(20)25(29)27-17-15-18-8-2-6-12-22(18)27/h2-3,6-9,12-13,20-21H,4-5,10-11,14-17H2,1H3,(H,26,28). The summed E-state index contributed by atoms with van der Waals surface area (Å²) in [5.74, 6) is 0.498. The largest absolute Gasteiger partial charge is 0.496 e. The van der Waals surface area contributed by atoms with Crippen LogP contribution in [0.3, 0.4) is 0 Å². The van der Waals surface area contributed by atoms with E-state index in [1.807, 2.05) is 47.4 Å². The molecule has 2 aliphatic rings. The van der Waals surface area contributed by atoms with Crippen molar-refractivity contribution in [3.8, 4) is 5.75 Å². The molecule has 2 unspecified atom stereocenters. The van der Waals surface area contributed by atoms with Crippen molar-refractivity contribution in [2.24, 2.45) is 11.8 Å². The van der Waals surface area contributed by atoms with E-state index in [9.17, 15) is 9.59 Å². The number of rotatable bonds is 6. The van der Waals surface area contributed by atoms with Gasteiger partial charge in [0.15, 0.2) is 0 Å². The average molecular weight is 407 g/mol. The highest BCUT2D eigenvalue weighted by molar-refractivity contribution is 5.99. The maximum absolute atomic E-state index is 13.4. The van der Waals surface area contributed by atoms with E-state index in [0.717, 1.165) is 55.6 Å². The van der Waals surface area contributed by atoms with Gasteiger partial charge in [-0.2, -0.15) is 0 Å². The molecular weight excluding hydrogens is 376 g/mol. The maximum Gasteiger partial charge on any atom is 0.230 e. The zero-order valence-electron chi connectivity index (χ0n) is 17.6. The summed E-state index contributed by atoms with van der Waals surface area (Å²) in [5.41, 5.74) is 3.31. The Morgan fingerprint density at radius 1 is 1.03 bits per heavy atom. The topological polar surface area (TPSA) is 58.6 Å². The Kier molecular flexibility index (Phi) is 6.36. The molecule has 2 atom stereocenters. The predicted octanol–water partition coefficient (Wildman–Crippen LogP) is 3.75. The minimum Gasteiger partial charge on any atom is -0.496 e. The highest BCUT2D eigenvalue weighted by Crippen LogP contribution is 2.36. The number of nitrogens with one attached hydrogen (secondary N) is 1. The third-order valence-corrected chi connectivity index (χ3v) is 6.46. The van der Waals surface area contributed by atoms with Gasteiger partial charge in [0.2, 0.25) is 11.8 Å². The normalized spacial score (nSPS) is 20.5. The van der Waals surface area contributed by atoms with Gasteiger partial charge in [0.1, 0.15) is 5.75 Å². The molecule has 1 N–H and O–H groups in total. The van der Waals surface area contributed by atoms with Gasteiger partial charge in [-0.25, -0.2) is 0 Å². The fourth-order valence-corrected chi connectivity index (χ4v) is 4.87. The first kappa shape index (κ1) is 20.5. The van der Waals surface area contributed by atoms with Gasteiger partial charge >= 0.3 is 0 Å². The van der Waals surface area contributed by atoms with E-state index >= 15 is 0 Å². The molecule has 0 saturated heterocycles. The second kappa shape index (κ2) is 9.33. The number of hydrogen-bond acceptors (Lipinski definition) is 3. The number of hydrogen-bond donors (Lipinski definition) is 1. The number of fused-ring (bicyclic) bond motifs is 1. The summed E-state index contributed by atoms with van der Waals surface area (Å²) >= 11 is 0. The van der Waals surface area contributed by atoms with E-state index in [4.69, 9.17) is 4.74 Å².